The molecule has 10 heteroatoms. The molecule has 33 heavy (non-hydrogen) atoms. The number of sulfonamides is 1. The van der Waals surface area contributed by atoms with Gasteiger partial charge in [0, 0.05) is 11.1 Å². The summed E-state index contributed by atoms with van der Waals surface area (Å²) in [5.74, 6) is 0.488. The minimum atomic E-state index is -4.75. The Morgan fingerprint density at radius 3 is 1.97 bits per heavy atom. The second-order valence-corrected chi connectivity index (χ2v) is 8.68. The Morgan fingerprint density at radius 1 is 0.879 bits per heavy atom. The predicted molar refractivity (Wildman–Crippen MR) is 117 cm³/mol. The summed E-state index contributed by atoms with van der Waals surface area (Å²) < 4.78 is 72.0. The number of halogens is 3. The largest absolute Gasteiger partial charge is 0.497 e. The summed E-state index contributed by atoms with van der Waals surface area (Å²) >= 11 is 0. The first-order valence-electron chi connectivity index (χ1n) is 9.63. The van der Waals surface area contributed by atoms with Gasteiger partial charge in [0.2, 0.25) is 10.0 Å². The van der Waals surface area contributed by atoms with Gasteiger partial charge in [0.15, 0.2) is 5.69 Å². The SMILES string of the molecule is COc1ccc(-c2c(C(F)(F)F)nn(-c3ccccc3)c2-c2ccc(S(N)(=O)=O)cc2)cc1. The Hall–Kier alpha value is -3.63. The second kappa shape index (κ2) is 8.38. The molecule has 6 nitrogen and oxygen atoms in total. The standard InChI is InChI=1S/C23H18F3N3O3S/c1-32-18-11-7-15(8-12-18)20-21(16-9-13-19(14-10-16)33(27,30)31)29(17-5-3-2-4-6-17)28-22(20)23(24,25)26/h2-14H,1H3,(H2,27,30,31). The molecule has 0 atom stereocenters. The number of hydrogen-bond acceptors (Lipinski definition) is 4. The van der Waals surface area contributed by atoms with Crippen LogP contribution in [0.4, 0.5) is 13.2 Å². The van der Waals surface area contributed by atoms with E-state index in [1.165, 1.54) is 48.2 Å². The molecule has 1 aromatic heterocycles. The van der Waals surface area contributed by atoms with E-state index in [9.17, 15) is 21.6 Å². The Bertz CT molecular complexity index is 1380. The first-order chi connectivity index (χ1) is 15.6. The van der Waals surface area contributed by atoms with E-state index < -0.39 is 21.9 Å². The number of primary sulfonamides is 1. The molecule has 3 aromatic carbocycles. The highest BCUT2D eigenvalue weighted by molar-refractivity contribution is 7.89. The maximum Gasteiger partial charge on any atom is 0.435 e. The van der Waals surface area contributed by atoms with E-state index in [-0.39, 0.29) is 21.7 Å². The van der Waals surface area contributed by atoms with Crippen LogP contribution in [0.15, 0.2) is 83.8 Å². The smallest absolute Gasteiger partial charge is 0.435 e. The molecule has 0 saturated heterocycles. The lowest BCUT2D eigenvalue weighted by atomic mass is 9.98. The summed E-state index contributed by atoms with van der Waals surface area (Å²) in [6.07, 6.45) is -4.75. The second-order valence-electron chi connectivity index (χ2n) is 7.12. The highest BCUT2D eigenvalue weighted by atomic mass is 32.2. The molecular formula is C23H18F3N3O3S. The molecular weight excluding hydrogens is 455 g/mol. The van der Waals surface area contributed by atoms with E-state index in [0.717, 1.165) is 0 Å². The van der Waals surface area contributed by atoms with Crippen molar-refractivity contribution >= 4 is 10.0 Å². The van der Waals surface area contributed by atoms with Gasteiger partial charge in [-0.2, -0.15) is 18.3 Å². The van der Waals surface area contributed by atoms with E-state index in [1.807, 2.05) is 0 Å². The molecule has 0 radical (unpaired) electrons. The number of ether oxygens (including phenoxy) is 1. The fraction of sp³-hybridized carbons (Fsp3) is 0.0870. The number of alkyl halides is 3. The highest BCUT2D eigenvalue weighted by Gasteiger charge is 2.40. The lowest BCUT2D eigenvalue weighted by Crippen LogP contribution is -2.11. The van der Waals surface area contributed by atoms with Crippen molar-refractivity contribution in [2.24, 2.45) is 5.14 Å². The average Bonchev–Trinajstić information content (AvgIpc) is 3.20. The van der Waals surface area contributed by atoms with E-state index in [2.05, 4.69) is 5.10 Å². The van der Waals surface area contributed by atoms with Crippen LogP contribution in [0.1, 0.15) is 5.69 Å². The quantitative estimate of drug-likeness (QED) is 0.448. The maximum absolute atomic E-state index is 14.1. The molecule has 0 aliphatic rings. The number of aromatic nitrogens is 2. The molecule has 2 N–H and O–H groups in total. The Balaban J connectivity index is 2.05. The summed E-state index contributed by atoms with van der Waals surface area (Å²) in [7, 11) is -2.51. The van der Waals surface area contributed by atoms with Crippen molar-refractivity contribution in [1.29, 1.82) is 0 Å². The monoisotopic (exact) mass is 473 g/mol. The van der Waals surface area contributed by atoms with E-state index in [4.69, 9.17) is 9.88 Å². The van der Waals surface area contributed by atoms with Gasteiger partial charge in [0.1, 0.15) is 5.75 Å². The molecule has 0 fully saturated rings. The molecule has 0 bridgehead atoms. The number of hydrogen-bond donors (Lipinski definition) is 1. The van der Waals surface area contributed by atoms with Gasteiger partial charge in [-0.15, -0.1) is 0 Å². The number of methoxy groups -OCH3 is 1. The van der Waals surface area contributed by atoms with E-state index in [0.29, 0.717) is 17.0 Å². The van der Waals surface area contributed by atoms with Crippen molar-refractivity contribution in [2.45, 2.75) is 11.1 Å². The number of nitrogens with two attached hydrogens (primary N) is 1. The molecule has 0 aliphatic carbocycles. The van der Waals surface area contributed by atoms with Crippen LogP contribution in [-0.4, -0.2) is 25.3 Å². The fourth-order valence-corrected chi connectivity index (χ4v) is 3.99. The maximum atomic E-state index is 14.1. The van der Waals surface area contributed by atoms with Crippen LogP contribution < -0.4 is 9.88 Å². The van der Waals surface area contributed by atoms with Gasteiger partial charge < -0.3 is 4.74 Å². The lowest BCUT2D eigenvalue weighted by molar-refractivity contribution is -0.140. The van der Waals surface area contributed by atoms with Crippen molar-refractivity contribution in [1.82, 2.24) is 9.78 Å². The van der Waals surface area contributed by atoms with E-state index >= 15 is 0 Å². The highest BCUT2D eigenvalue weighted by Crippen LogP contribution is 2.43. The Labute approximate surface area is 188 Å². The van der Waals surface area contributed by atoms with Crippen LogP contribution in [0, 0.1) is 0 Å². The number of rotatable bonds is 5. The first-order valence-corrected chi connectivity index (χ1v) is 11.2. The van der Waals surface area contributed by atoms with E-state index in [1.54, 1.807) is 42.5 Å². The zero-order chi connectivity index (χ0) is 23.8. The van der Waals surface area contributed by atoms with Gasteiger partial charge in [-0.25, -0.2) is 18.2 Å². The lowest BCUT2D eigenvalue weighted by Gasteiger charge is -2.12. The van der Waals surface area contributed by atoms with Gasteiger partial charge in [-0.1, -0.05) is 42.5 Å². The normalized spacial score (nSPS) is 12.0. The van der Waals surface area contributed by atoms with Crippen LogP contribution >= 0.6 is 0 Å². The third-order valence-electron chi connectivity index (χ3n) is 4.99. The molecule has 1 heterocycles. The molecule has 0 unspecified atom stereocenters. The summed E-state index contributed by atoms with van der Waals surface area (Å²) in [4.78, 5) is -0.154. The number of nitrogens with zero attached hydrogens (tertiary/aromatic N) is 2. The first kappa shape index (κ1) is 22.6. The van der Waals surface area contributed by atoms with Gasteiger partial charge in [-0.05, 0) is 42.0 Å². The minimum Gasteiger partial charge on any atom is -0.497 e. The van der Waals surface area contributed by atoms with Crippen molar-refractivity contribution in [2.75, 3.05) is 7.11 Å². The molecule has 4 rings (SSSR count). The van der Waals surface area contributed by atoms with Gasteiger partial charge in [0.05, 0.1) is 23.4 Å². The summed E-state index contributed by atoms with van der Waals surface area (Å²) in [6, 6.07) is 19.8. The third-order valence-corrected chi connectivity index (χ3v) is 5.92. The van der Waals surface area contributed by atoms with Gasteiger partial charge in [-0.3, -0.25) is 0 Å². The molecule has 170 valence electrons. The van der Waals surface area contributed by atoms with Crippen molar-refractivity contribution in [3.05, 3.63) is 84.6 Å². The van der Waals surface area contributed by atoms with Crippen LogP contribution in [0.5, 0.6) is 5.75 Å². The summed E-state index contributed by atoms with van der Waals surface area (Å²) in [5, 5.41) is 9.11. The molecule has 0 amide bonds. The average molecular weight is 473 g/mol. The van der Waals surface area contributed by atoms with Gasteiger partial charge in [0.25, 0.3) is 0 Å². The van der Waals surface area contributed by atoms with Gasteiger partial charge >= 0.3 is 6.18 Å². The molecule has 0 spiro atoms. The fourth-order valence-electron chi connectivity index (χ4n) is 3.47. The third kappa shape index (κ3) is 4.48. The molecule has 0 aliphatic heterocycles. The zero-order valence-corrected chi connectivity index (χ0v) is 18.1. The van der Waals surface area contributed by atoms with Crippen LogP contribution in [-0.2, 0) is 16.2 Å². The van der Waals surface area contributed by atoms with Crippen molar-refractivity contribution < 1.29 is 26.3 Å². The summed E-state index contributed by atoms with van der Waals surface area (Å²) in [5.41, 5.74) is -0.0387. The zero-order valence-electron chi connectivity index (χ0n) is 17.2. The Kier molecular flexibility index (Phi) is 5.73. The predicted octanol–water partition coefficient (Wildman–Crippen LogP) is 4.88. The van der Waals surface area contributed by atoms with Crippen LogP contribution in [0.2, 0.25) is 0 Å². The van der Waals surface area contributed by atoms with Crippen molar-refractivity contribution in [3.63, 3.8) is 0 Å². The Morgan fingerprint density at radius 2 is 1.45 bits per heavy atom. The minimum absolute atomic E-state index is 0.141. The number of para-hydroxylation sites is 1. The number of benzene rings is 3. The molecule has 0 saturated carbocycles. The van der Waals surface area contributed by atoms with Crippen LogP contribution in [0.3, 0.4) is 0 Å². The summed E-state index contributed by atoms with van der Waals surface area (Å²) in [6.45, 7) is 0. The van der Waals surface area contributed by atoms with Crippen molar-refractivity contribution in [3.8, 4) is 33.8 Å². The topological polar surface area (TPSA) is 87.2 Å². The molecule has 4 aromatic rings. The van der Waals surface area contributed by atoms with Crippen LogP contribution in [0.25, 0.3) is 28.1 Å².